The Labute approximate surface area is 192 Å². The van der Waals surface area contributed by atoms with Crippen LogP contribution in [0.1, 0.15) is 72.6 Å². The quantitative estimate of drug-likeness (QED) is 0.670. The fraction of sp³-hybridized carbons (Fsp3) is 0.875. The van der Waals surface area contributed by atoms with E-state index in [-0.39, 0.29) is 48.1 Å². The van der Waals surface area contributed by atoms with Gasteiger partial charge in [0.1, 0.15) is 0 Å². The summed E-state index contributed by atoms with van der Waals surface area (Å²) in [6.45, 7) is 8.93. The average Bonchev–Trinajstić information content (AvgIpc) is 2.75. The molecule has 2 aliphatic carbocycles. The number of carbonyl (C=O) groups is 3. The molecule has 3 N–H and O–H groups in total. The van der Waals surface area contributed by atoms with E-state index in [1.54, 1.807) is 6.92 Å². The molecule has 2 saturated carbocycles. The zero-order valence-electron chi connectivity index (χ0n) is 20.2. The van der Waals surface area contributed by atoms with Crippen LogP contribution in [0.5, 0.6) is 0 Å². The summed E-state index contributed by atoms with van der Waals surface area (Å²) >= 11 is 0. The van der Waals surface area contributed by atoms with Crippen LogP contribution in [0.3, 0.4) is 0 Å². The molecule has 1 heterocycles. The number of hydrogen-bond donors (Lipinski definition) is 2. The molecule has 1 aliphatic heterocycles. The first-order valence-electron chi connectivity index (χ1n) is 12.5. The minimum absolute atomic E-state index is 0.00526. The fourth-order valence-corrected chi connectivity index (χ4v) is 6.30. The summed E-state index contributed by atoms with van der Waals surface area (Å²) in [6, 6.07) is 0.0590. The molecule has 0 aromatic carbocycles. The fourth-order valence-electron chi connectivity index (χ4n) is 6.30. The van der Waals surface area contributed by atoms with Crippen LogP contribution in [0.4, 0.5) is 4.79 Å². The van der Waals surface area contributed by atoms with Crippen molar-refractivity contribution in [3.8, 4) is 0 Å². The van der Waals surface area contributed by atoms with Crippen molar-refractivity contribution >= 4 is 17.9 Å². The largest absolute Gasteiger partial charge is 0.447 e. The molecule has 3 amide bonds. The summed E-state index contributed by atoms with van der Waals surface area (Å²) in [4.78, 5) is 41.5. The van der Waals surface area contributed by atoms with Crippen LogP contribution in [-0.2, 0) is 14.3 Å². The maximum absolute atomic E-state index is 12.9. The third-order valence-corrected chi connectivity index (χ3v) is 7.70. The van der Waals surface area contributed by atoms with E-state index in [0.29, 0.717) is 31.5 Å². The van der Waals surface area contributed by atoms with Crippen molar-refractivity contribution in [2.75, 3.05) is 19.6 Å². The van der Waals surface area contributed by atoms with E-state index in [1.165, 1.54) is 0 Å². The molecule has 0 radical (unpaired) electrons. The Balaban J connectivity index is 1.67. The van der Waals surface area contributed by atoms with Crippen LogP contribution in [0, 0.1) is 17.8 Å². The second kappa shape index (κ2) is 10.9. The van der Waals surface area contributed by atoms with E-state index >= 15 is 0 Å². The van der Waals surface area contributed by atoms with Gasteiger partial charge < -0.3 is 25.6 Å². The number of hydrogen-bond acceptors (Lipinski definition) is 5. The predicted octanol–water partition coefficient (Wildman–Crippen LogP) is 2.50. The molecule has 0 aromatic rings. The standard InChI is InChI=1S/C24H42N4O4/c1-15(2)32-24(31)27-14-16(3)28(17(4)29)21-10-9-20(13-22(21)27)18-5-7-19(8-6-18)23(30)26-12-11-25/h15-16,18-22H,5-14,25H2,1-4H3,(H,26,30)/t16-,18?,19?,20?,21?,22?/m0/s1. The first-order valence-corrected chi connectivity index (χ1v) is 12.5. The maximum Gasteiger partial charge on any atom is 0.410 e. The van der Waals surface area contributed by atoms with Gasteiger partial charge >= 0.3 is 6.09 Å². The summed E-state index contributed by atoms with van der Waals surface area (Å²) < 4.78 is 5.57. The highest BCUT2D eigenvalue weighted by Gasteiger charge is 2.48. The van der Waals surface area contributed by atoms with Crippen molar-refractivity contribution < 1.29 is 19.1 Å². The summed E-state index contributed by atoms with van der Waals surface area (Å²) in [5.41, 5.74) is 5.50. The molecule has 32 heavy (non-hydrogen) atoms. The molecule has 8 nitrogen and oxygen atoms in total. The van der Waals surface area contributed by atoms with Crippen molar-refractivity contribution in [1.82, 2.24) is 15.1 Å². The molecule has 8 heteroatoms. The molecule has 0 bridgehead atoms. The normalized spacial score (nSPS) is 32.9. The SMILES string of the molecule is CC(=O)N1C2CCC(C3CCC(C(=O)NCCN)CC3)CC2N(C(=O)OC(C)C)C[C@@H]1C. The Morgan fingerprint density at radius 2 is 1.69 bits per heavy atom. The molecule has 0 aromatic heterocycles. The Morgan fingerprint density at radius 3 is 2.28 bits per heavy atom. The number of fused-ring (bicyclic) bond motifs is 1. The first-order chi connectivity index (χ1) is 15.2. The minimum Gasteiger partial charge on any atom is -0.447 e. The van der Waals surface area contributed by atoms with Gasteiger partial charge in [0, 0.05) is 38.5 Å². The second-order valence-corrected chi connectivity index (χ2v) is 10.3. The van der Waals surface area contributed by atoms with Crippen LogP contribution >= 0.6 is 0 Å². The lowest BCUT2D eigenvalue weighted by Crippen LogP contribution is -2.67. The Kier molecular flexibility index (Phi) is 8.42. The van der Waals surface area contributed by atoms with Gasteiger partial charge in [-0.2, -0.15) is 0 Å². The molecular weight excluding hydrogens is 408 g/mol. The van der Waals surface area contributed by atoms with Crippen molar-refractivity contribution in [1.29, 1.82) is 0 Å². The molecule has 3 rings (SSSR count). The number of rotatable bonds is 5. The van der Waals surface area contributed by atoms with Crippen LogP contribution < -0.4 is 11.1 Å². The number of amides is 3. The molecule has 0 spiro atoms. The number of carbonyl (C=O) groups excluding carboxylic acids is 3. The smallest absolute Gasteiger partial charge is 0.410 e. The third-order valence-electron chi connectivity index (χ3n) is 7.70. The van der Waals surface area contributed by atoms with Crippen LogP contribution in [0.2, 0.25) is 0 Å². The molecule has 3 unspecified atom stereocenters. The monoisotopic (exact) mass is 450 g/mol. The number of ether oxygens (including phenoxy) is 1. The van der Waals surface area contributed by atoms with Crippen molar-refractivity contribution in [3.05, 3.63) is 0 Å². The van der Waals surface area contributed by atoms with Gasteiger partial charge in [0.2, 0.25) is 11.8 Å². The predicted molar refractivity (Wildman–Crippen MR) is 123 cm³/mol. The zero-order valence-corrected chi connectivity index (χ0v) is 20.2. The highest BCUT2D eigenvalue weighted by atomic mass is 16.6. The van der Waals surface area contributed by atoms with Crippen LogP contribution in [0.25, 0.3) is 0 Å². The van der Waals surface area contributed by atoms with Gasteiger partial charge in [-0.25, -0.2) is 4.79 Å². The molecule has 3 fully saturated rings. The van der Waals surface area contributed by atoms with Gasteiger partial charge in [-0.1, -0.05) is 0 Å². The van der Waals surface area contributed by atoms with E-state index in [4.69, 9.17) is 10.5 Å². The van der Waals surface area contributed by atoms with Crippen molar-refractivity contribution in [2.45, 2.75) is 96.9 Å². The van der Waals surface area contributed by atoms with Gasteiger partial charge in [-0.05, 0) is 77.6 Å². The van der Waals surface area contributed by atoms with Gasteiger partial charge in [-0.15, -0.1) is 0 Å². The lowest BCUT2D eigenvalue weighted by molar-refractivity contribution is -0.142. The molecular formula is C24H42N4O4. The van der Waals surface area contributed by atoms with E-state index in [0.717, 1.165) is 44.9 Å². The van der Waals surface area contributed by atoms with Crippen LogP contribution in [0.15, 0.2) is 0 Å². The Bertz CT molecular complexity index is 677. The van der Waals surface area contributed by atoms with Crippen LogP contribution in [-0.4, -0.2) is 71.6 Å². The van der Waals surface area contributed by atoms with Gasteiger partial charge in [0.05, 0.1) is 18.2 Å². The summed E-state index contributed by atoms with van der Waals surface area (Å²) in [5.74, 6) is 1.41. The van der Waals surface area contributed by atoms with E-state index in [2.05, 4.69) is 5.32 Å². The zero-order chi connectivity index (χ0) is 23.4. The number of nitrogens with one attached hydrogen (secondary N) is 1. The number of nitrogens with two attached hydrogens (primary N) is 1. The minimum atomic E-state index is -0.258. The molecule has 3 aliphatic rings. The first kappa shape index (κ1) is 24.8. The van der Waals surface area contributed by atoms with E-state index < -0.39 is 0 Å². The third kappa shape index (κ3) is 5.56. The van der Waals surface area contributed by atoms with E-state index in [9.17, 15) is 14.4 Å². The lowest BCUT2D eigenvalue weighted by Gasteiger charge is -2.54. The van der Waals surface area contributed by atoms with Crippen molar-refractivity contribution in [2.24, 2.45) is 23.5 Å². The summed E-state index contributed by atoms with van der Waals surface area (Å²) in [6.07, 6.45) is 6.40. The van der Waals surface area contributed by atoms with E-state index in [1.807, 2.05) is 30.6 Å². The lowest BCUT2D eigenvalue weighted by atomic mass is 9.68. The number of piperazine rings is 1. The second-order valence-electron chi connectivity index (χ2n) is 10.3. The Hall–Kier alpha value is -1.83. The average molecular weight is 451 g/mol. The maximum atomic E-state index is 12.9. The van der Waals surface area contributed by atoms with Gasteiger partial charge in [0.25, 0.3) is 0 Å². The van der Waals surface area contributed by atoms with Gasteiger partial charge in [-0.3, -0.25) is 9.59 Å². The topological polar surface area (TPSA) is 105 Å². The molecule has 1 saturated heterocycles. The summed E-state index contributed by atoms with van der Waals surface area (Å²) in [5, 5.41) is 2.93. The molecule has 182 valence electrons. The summed E-state index contributed by atoms with van der Waals surface area (Å²) in [7, 11) is 0. The Morgan fingerprint density at radius 1 is 1.03 bits per heavy atom. The van der Waals surface area contributed by atoms with Gasteiger partial charge in [0.15, 0.2) is 0 Å². The number of nitrogens with zero attached hydrogens (tertiary/aromatic N) is 2. The van der Waals surface area contributed by atoms with Crippen molar-refractivity contribution in [3.63, 3.8) is 0 Å². The highest BCUT2D eigenvalue weighted by Crippen LogP contribution is 2.43. The highest BCUT2D eigenvalue weighted by molar-refractivity contribution is 5.78. The molecule has 4 atom stereocenters.